The van der Waals surface area contributed by atoms with Crippen LogP contribution in [-0.4, -0.2) is 41.1 Å². The standard InChI is InChI=1S/C19H18ClFN6O2/c1-29-16-10-25-17(12-8-11(20)2-3-14(12)21)27-18(16)26-15-4-6-23-9-13(15)19(28)24-7-5-22/h2-4,6,8-10H,5,7,22H2,1H3,(H,24,28)(H,23,25,26,27). The molecule has 150 valence electrons. The number of hydrogen-bond acceptors (Lipinski definition) is 7. The van der Waals surface area contributed by atoms with Crippen molar-refractivity contribution in [1.29, 1.82) is 0 Å². The van der Waals surface area contributed by atoms with Crippen LogP contribution in [0.3, 0.4) is 0 Å². The van der Waals surface area contributed by atoms with E-state index in [0.29, 0.717) is 29.5 Å². The van der Waals surface area contributed by atoms with E-state index in [1.165, 1.54) is 43.9 Å². The van der Waals surface area contributed by atoms with Gasteiger partial charge in [0, 0.05) is 30.5 Å². The topological polar surface area (TPSA) is 115 Å². The number of carbonyl (C=O) groups excluding carboxylic acids is 1. The number of rotatable bonds is 7. The van der Waals surface area contributed by atoms with Crippen LogP contribution < -0.4 is 21.1 Å². The van der Waals surface area contributed by atoms with Crippen LogP contribution in [0.1, 0.15) is 10.4 Å². The maximum absolute atomic E-state index is 14.2. The minimum atomic E-state index is -0.517. The van der Waals surface area contributed by atoms with Crippen molar-refractivity contribution in [3.05, 3.63) is 59.3 Å². The van der Waals surface area contributed by atoms with Gasteiger partial charge in [0.25, 0.3) is 5.91 Å². The van der Waals surface area contributed by atoms with Crippen LogP contribution in [0.2, 0.25) is 5.02 Å². The summed E-state index contributed by atoms with van der Waals surface area (Å²) in [6, 6.07) is 5.71. The first-order valence-corrected chi connectivity index (χ1v) is 8.97. The third kappa shape index (κ3) is 4.76. The average Bonchev–Trinajstić information content (AvgIpc) is 2.74. The molecule has 0 unspecified atom stereocenters. The molecule has 0 bridgehead atoms. The zero-order chi connectivity index (χ0) is 20.8. The Kier molecular flexibility index (Phi) is 6.53. The van der Waals surface area contributed by atoms with E-state index in [1.54, 1.807) is 6.07 Å². The Morgan fingerprint density at radius 1 is 1.31 bits per heavy atom. The Morgan fingerprint density at radius 2 is 2.14 bits per heavy atom. The van der Waals surface area contributed by atoms with Crippen LogP contribution in [0.15, 0.2) is 42.9 Å². The molecule has 0 atom stereocenters. The van der Waals surface area contributed by atoms with E-state index in [1.807, 2.05) is 0 Å². The first-order chi connectivity index (χ1) is 14.0. The molecule has 0 fully saturated rings. The minimum absolute atomic E-state index is 0.108. The van der Waals surface area contributed by atoms with Crippen molar-refractivity contribution in [3.63, 3.8) is 0 Å². The van der Waals surface area contributed by atoms with Crippen molar-refractivity contribution in [3.8, 4) is 17.1 Å². The van der Waals surface area contributed by atoms with Crippen LogP contribution in [0, 0.1) is 5.82 Å². The Hall–Kier alpha value is -3.30. The summed E-state index contributed by atoms with van der Waals surface area (Å²) in [6.45, 7) is 0.630. The Morgan fingerprint density at radius 3 is 2.90 bits per heavy atom. The van der Waals surface area contributed by atoms with Gasteiger partial charge in [-0.05, 0) is 24.3 Å². The zero-order valence-electron chi connectivity index (χ0n) is 15.4. The Balaban J connectivity index is 1.99. The number of carbonyl (C=O) groups is 1. The van der Waals surface area contributed by atoms with Gasteiger partial charge >= 0.3 is 0 Å². The molecule has 1 aromatic carbocycles. The highest BCUT2D eigenvalue weighted by Crippen LogP contribution is 2.30. The number of aromatic nitrogens is 3. The van der Waals surface area contributed by atoms with Gasteiger partial charge in [-0.3, -0.25) is 9.78 Å². The molecule has 8 nitrogen and oxygen atoms in total. The number of nitrogens with zero attached hydrogens (tertiary/aromatic N) is 3. The highest BCUT2D eigenvalue weighted by molar-refractivity contribution is 6.30. The van der Waals surface area contributed by atoms with Crippen molar-refractivity contribution >= 4 is 29.0 Å². The quantitative estimate of drug-likeness (QED) is 0.542. The average molecular weight is 417 g/mol. The van der Waals surface area contributed by atoms with Crippen LogP contribution in [0.25, 0.3) is 11.4 Å². The van der Waals surface area contributed by atoms with Crippen LogP contribution in [0.5, 0.6) is 5.75 Å². The van der Waals surface area contributed by atoms with Gasteiger partial charge < -0.3 is 21.1 Å². The Bertz CT molecular complexity index is 1030. The first-order valence-electron chi connectivity index (χ1n) is 8.59. The molecule has 0 spiro atoms. The molecule has 0 aliphatic rings. The van der Waals surface area contributed by atoms with Gasteiger partial charge in [0.15, 0.2) is 17.4 Å². The maximum atomic E-state index is 14.2. The summed E-state index contributed by atoms with van der Waals surface area (Å²) >= 11 is 5.97. The second kappa shape index (κ2) is 9.26. The van der Waals surface area contributed by atoms with Gasteiger partial charge in [-0.1, -0.05) is 11.6 Å². The number of nitrogens with one attached hydrogen (secondary N) is 2. The normalized spacial score (nSPS) is 10.5. The van der Waals surface area contributed by atoms with E-state index >= 15 is 0 Å². The first kappa shape index (κ1) is 20.4. The molecular formula is C19H18ClFN6O2. The molecule has 3 aromatic rings. The predicted octanol–water partition coefficient (Wildman–Crippen LogP) is 2.77. The number of hydrogen-bond donors (Lipinski definition) is 3. The van der Waals surface area contributed by atoms with Crippen molar-refractivity contribution in [1.82, 2.24) is 20.3 Å². The fraction of sp³-hybridized carbons (Fsp3) is 0.158. The summed E-state index contributed by atoms with van der Waals surface area (Å²) < 4.78 is 19.5. The molecule has 29 heavy (non-hydrogen) atoms. The molecular weight excluding hydrogens is 399 g/mol. The van der Waals surface area contributed by atoms with E-state index in [2.05, 4.69) is 25.6 Å². The van der Waals surface area contributed by atoms with E-state index in [9.17, 15) is 9.18 Å². The number of benzene rings is 1. The van der Waals surface area contributed by atoms with Crippen molar-refractivity contribution < 1.29 is 13.9 Å². The monoisotopic (exact) mass is 416 g/mol. The second-order valence-electron chi connectivity index (χ2n) is 5.83. The molecule has 1 amide bonds. The van der Waals surface area contributed by atoms with Crippen molar-refractivity contribution in [2.45, 2.75) is 0 Å². The molecule has 0 saturated heterocycles. The summed E-state index contributed by atoms with van der Waals surface area (Å²) in [5.74, 6) is -0.204. The number of anilines is 2. The molecule has 0 aliphatic carbocycles. The van der Waals surface area contributed by atoms with Crippen LogP contribution in [-0.2, 0) is 0 Å². The second-order valence-corrected chi connectivity index (χ2v) is 6.26. The molecule has 0 saturated carbocycles. The molecule has 2 heterocycles. The van der Waals surface area contributed by atoms with E-state index in [0.717, 1.165) is 0 Å². The van der Waals surface area contributed by atoms with Crippen molar-refractivity contribution in [2.24, 2.45) is 5.73 Å². The summed E-state index contributed by atoms with van der Waals surface area (Å²) in [5.41, 5.74) is 6.29. The van der Waals surface area contributed by atoms with E-state index in [-0.39, 0.29) is 28.7 Å². The molecule has 0 radical (unpaired) electrons. The summed E-state index contributed by atoms with van der Waals surface area (Å²) in [5, 5.41) is 6.06. The summed E-state index contributed by atoms with van der Waals surface area (Å²) in [6.07, 6.45) is 4.34. The van der Waals surface area contributed by atoms with Crippen LogP contribution in [0.4, 0.5) is 15.9 Å². The molecule has 3 rings (SSSR count). The number of methoxy groups -OCH3 is 1. The van der Waals surface area contributed by atoms with Gasteiger partial charge in [0.2, 0.25) is 0 Å². The summed E-state index contributed by atoms with van der Waals surface area (Å²) in [4.78, 5) is 24.8. The van der Waals surface area contributed by atoms with E-state index < -0.39 is 5.82 Å². The van der Waals surface area contributed by atoms with Gasteiger partial charge in [0.05, 0.1) is 30.1 Å². The Labute approximate surface area is 171 Å². The SMILES string of the molecule is COc1cnc(-c2cc(Cl)ccc2F)nc1Nc1ccncc1C(=O)NCCN. The van der Waals surface area contributed by atoms with Crippen molar-refractivity contribution in [2.75, 3.05) is 25.5 Å². The highest BCUT2D eigenvalue weighted by Gasteiger charge is 2.16. The smallest absolute Gasteiger partial charge is 0.255 e. The third-order valence-electron chi connectivity index (χ3n) is 3.89. The molecule has 10 heteroatoms. The predicted molar refractivity (Wildman–Crippen MR) is 108 cm³/mol. The maximum Gasteiger partial charge on any atom is 0.255 e. The molecule has 0 aliphatic heterocycles. The fourth-order valence-corrected chi connectivity index (χ4v) is 2.67. The largest absolute Gasteiger partial charge is 0.491 e. The lowest BCUT2D eigenvalue weighted by Crippen LogP contribution is -2.29. The number of halogens is 2. The van der Waals surface area contributed by atoms with Crippen LogP contribution >= 0.6 is 11.6 Å². The lowest BCUT2D eigenvalue weighted by atomic mass is 10.2. The summed E-state index contributed by atoms with van der Waals surface area (Å²) in [7, 11) is 1.45. The number of amides is 1. The zero-order valence-corrected chi connectivity index (χ0v) is 16.2. The van der Waals surface area contributed by atoms with Gasteiger partial charge in [-0.25, -0.2) is 14.4 Å². The third-order valence-corrected chi connectivity index (χ3v) is 4.13. The number of nitrogens with two attached hydrogens (primary N) is 1. The van der Waals surface area contributed by atoms with Gasteiger partial charge in [0.1, 0.15) is 5.82 Å². The lowest BCUT2D eigenvalue weighted by molar-refractivity contribution is 0.0955. The molecule has 2 aromatic heterocycles. The van der Waals surface area contributed by atoms with E-state index in [4.69, 9.17) is 22.1 Å². The fourth-order valence-electron chi connectivity index (χ4n) is 2.50. The lowest BCUT2D eigenvalue weighted by Gasteiger charge is -2.14. The highest BCUT2D eigenvalue weighted by atomic mass is 35.5. The number of pyridine rings is 1. The number of ether oxygens (including phenoxy) is 1. The van der Waals surface area contributed by atoms with Gasteiger partial charge in [-0.2, -0.15) is 0 Å². The van der Waals surface area contributed by atoms with Gasteiger partial charge in [-0.15, -0.1) is 0 Å². The molecule has 4 N–H and O–H groups in total. The minimum Gasteiger partial charge on any atom is -0.491 e.